The average molecular weight is 511 g/mol. The molecule has 2 aromatic rings. The molecule has 1 aromatic carbocycles. The molecule has 0 saturated carbocycles. The molecule has 0 amide bonds. The Balaban J connectivity index is 0.00000300. The van der Waals surface area contributed by atoms with Gasteiger partial charge in [0.2, 0.25) is 5.88 Å². The third-order valence-electron chi connectivity index (χ3n) is 4.78. The molecule has 1 aromatic heterocycles. The number of pyridine rings is 1. The third kappa shape index (κ3) is 6.12. The summed E-state index contributed by atoms with van der Waals surface area (Å²) >= 11 is 0. The Labute approximate surface area is 190 Å². The molecule has 1 N–H and O–H groups in total. The molecule has 8 heteroatoms. The minimum Gasteiger partial charge on any atom is -0.497 e. The molecule has 29 heavy (non-hydrogen) atoms. The van der Waals surface area contributed by atoms with Crippen LogP contribution in [0.2, 0.25) is 0 Å². The normalized spacial score (nSPS) is 14.2. The molecule has 0 atom stereocenters. The largest absolute Gasteiger partial charge is 0.497 e. The Bertz CT molecular complexity index is 794. The first-order valence-corrected chi connectivity index (χ1v) is 9.65. The monoisotopic (exact) mass is 511 g/mol. The van der Waals surface area contributed by atoms with Crippen molar-refractivity contribution in [3.63, 3.8) is 0 Å². The number of hydrogen-bond donors (Lipinski definition) is 1. The fraction of sp³-hybridized carbons (Fsp3) is 0.429. The molecule has 1 aliphatic rings. The van der Waals surface area contributed by atoms with E-state index in [0.29, 0.717) is 12.4 Å². The Morgan fingerprint density at radius 2 is 1.90 bits per heavy atom. The summed E-state index contributed by atoms with van der Waals surface area (Å²) in [7, 11) is 3.34. The van der Waals surface area contributed by atoms with Crippen LogP contribution >= 0.6 is 24.0 Å². The Kier molecular flexibility index (Phi) is 9.30. The van der Waals surface area contributed by atoms with Crippen LogP contribution in [0.3, 0.4) is 0 Å². The minimum absolute atomic E-state index is 0. The fourth-order valence-electron chi connectivity index (χ4n) is 3.30. The van der Waals surface area contributed by atoms with Crippen LogP contribution in [0, 0.1) is 0 Å². The second kappa shape index (κ2) is 11.7. The first kappa shape index (κ1) is 23.1. The molecule has 2 heterocycles. The Hall–Kier alpha value is -2.23. The maximum atomic E-state index is 5.35. The summed E-state index contributed by atoms with van der Waals surface area (Å²) in [6, 6.07) is 12.1. The van der Waals surface area contributed by atoms with Gasteiger partial charge in [-0.3, -0.25) is 0 Å². The van der Waals surface area contributed by atoms with E-state index in [1.54, 1.807) is 20.4 Å². The summed E-state index contributed by atoms with van der Waals surface area (Å²) in [5, 5.41) is 3.41. The summed E-state index contributed by atoms with van der Waals surface area (Å²) in [5.74, 6) is 2.45. The Morgan fingerprint density at radius 3 is 2.59 bits per heavy atom. The lowest BCUT2D eigenvalue weighted by Crippen LogP contribution is -2.52. The van der Waals surface area contributed by atoms with Crippen molar-refractivity contribution in [2.24, 2.45) is 4.99 Å². The fourth-order valence-corrected chi connectivity index (χ4v) is 3.30. The van der Waals surface area contributed by atoms with Crippen molar-refractivity contribution in [3.8, 4) is 11.6 Å². The number of halogens is 1. The van der Waals surface area contributed by atoms with Crippen LogP contribution < -0.4 is 19.7 Å². The van der Waals surface area contributed by atoms with Crippen molar-refractivity contribution in [2.45, 2.75) is 13.5 Å². The van der Waals surface area contributed by atoms with Gasteiger partial charge in [-0.05, 0) is 25.1 Å². The standard InChI is InChI=1S/C21H29N5O2.HI/c1-4-22-21(24-16-17-7-6-10-23-20(17)28-3)26-13-11-25(12-14-26)18-8-5-9-19(15-18)27-2;/h5-10,15H,4,11-14,16H2,1-3H3,(H,22,24);1H. The lowest BCUT2D eigenvalue weighted by atomic mass is 10.2. The van der Waals surface area contributed by atoms with Crippen molar-refractivity contribution in [3.05, 3.63) is 48.2 Å². The second-order valence-electron chi connectivity index (χ2n) is 6.52. The van der Waals surface area contributed by atoms with Gasteiger partial charge < -0.3 is 24.6 Å². The van der Waals surface area contributed by atoms with Crippen LogP contribution in [-0.4, -0.2) is 62.8 Å². The quantitative estimate of drug-likeness (QED) is 0.366. The van der Waals surface area contributed by atoms with Crippen LogP contribution in [0.15, 0.2) is 47.6 Å². The topological polar surface area (TPSA) is 62.2 Å². The molecule has 158 valence electrons. The molecule has 0 aliphatic carbocycles. The van der Waals surface area contributed by atoms with Crippen molar-refractivity contribution in [2.75, 3.05) is 51.8 Å². The molecule has 7 nitrogen and oxygen atoms in total. The van der Waals surface area contributed by atoms with E-state index in [2.05, 4.69) is 39.2 Å². The van der Waals surface area contributed by atoms with Crippen LogP contribution in [0.5, 0.6) is 11.6 Å². The van der Waals surface area contributed by atoms with Gasteiger partial charge in [0.1, 0.15) is 5.75 Å². The smallest absolute Gasteiger partial charge is 0.218 e. The molecular formula is C21H30IN5O2. The number of ether oxygens (including phenoxy) is 2. The number of piperazine rings is 1. The van der Waals surface area contributed by atoms with Gasteiger partial charge in [0.25, 0.3) is 0 Å². The van der Waals surface area contributed by atoms with E-state index >= 15 is 0 Å². The van der Waals surface area contributed by atoms with E-state index in [1.165, 1.54) is 5.69 Å². The van der Waals surface area contributed by atoms with Gasteiger partial charge in [-0.15, -0.1) is 24.0 Å². The van der Waals surface area contributed by atoms with Crippen molar-refractivity contribution < 1.29 is 9.47 Å². The van der Waals surface area contributed by atoms with E-state index < -0.39 is 0 Å². The van der Waals surface area contributed by atoms with Gasteiger partial charge in [0, 0.05) is 56.2 Å². The van der Waals surface area contributed by atoms with Crippen LogP contribution in [0.25, 0.3) is 0 Å². The SMILES string of the molecule is CCNC(=NCc1cccnc1OC)N1CCN(c2cccc(OC)c2)CC1.I. The highest BCUT2D eigenvalue weighted by Gasteiger charge is 2.20. The molecule has 0 bridgehead atoms. The van der Waals surface area contributed by atoms with E-state index in [0.717, 1.165) is 50.0 Å². The van der Waals surface area contributed by atoms with Gasteiger partial charge in [-0.2, -0.15) is 0 Å². The molecule has 1 fully saturated rings. The Morgan fingerprint density at radius 1 is 1.10 bits per heavy atom. The van der Waals surface area contributed by atoms with Crippen molar-refractivity contribution >= 4 is 35.6 Å². The van der Waals surface area contributed by atoms with Gasteiger partial charge in [0.15, 0.2) is 5.96 Å². The highest BCUT2D eigenvalue weighted by Crippen LogP contribution is 2.22. The third-order valence-corrected chi connectivity index (χ3v) is 4.78. The first-order chi connectivity index (χ1) is 13.7. The predicted octanol–water partition coefficient (Wildman–Crippen LogP) is 3.00. The number of methoxy groups -OCH3 is 2. The molecular weight excluding hydrogens is 481 g/mol. The van der Waals surface area contributed by atoms with E-state index in [-0.39, 0.29) is 24.0 Å². The van der Waals surface area contributed by atoms with Crippen LogP contribution in [-0.2, 0) is 6.54 Å². The molecule has 1 saturated heterocycles. The minimum atomic E-state index is 0. The summed E-state index contributed by atoms with van der Waals surface area (Å²) < 4.78 is 10.7. The van der Waals surface area contributed by atoms with Crippen molar-refractivity contribution in [1.82, 2.24) is 15.2 Å². The lowest BCUT2D eigenvalue weighted by molar-refractivity contribution is 0.371. The van der Waals surface area contributed by atoms with Gasteiger partial charge >= 0.3 is 0 Å². The number of anilines is 1. The summed E-state index contributed by atoms with van der Waals surface area (Å²) in [6.07, 6.45) is 1.73. The van der Waals surface area contributed by atoms with Gasteiger partial charge in [0.05, 0.1) is 20.8 Å². The van der Waals surface area contributed by atoms with Crippen molar-refractivity contribution in [1.29, 1.82) is 0 Å². The summed E-state index contributed by atoms with van der Waals surface area (Å²) in [4.78, 5) is 13.8. The number of aliphatic imine (C=N–C) groups is 1. The first-order valence-electron chi connectivity index (χ1n) is 9.65. The lowest BCUT2D eigenvalue weighted by Gasteiger charge is -2.37. The highest BCUT2D eigenvalue weighted by molar-refractivity contribution is 14.0. The maximum Gasteiger partial charge on any atom is 0.218 e. The van der Waals surface area contributed by atoms with Crippen LogP contribution in [0.4, 0.5) is 5.69 Å². The average Bonchev–Trinajstić information content (AvgIpc) is 2.77. The summed E-state index contributed by atoms with van der Waals surface area (Å²) in [6.45, 7) is 7.16. The zero-order chi connectivity index (χ0) is 19.8. The molecule has 0 unspecified atom stereocenters. The number of rotatable bonds is 6. The molecule has 1 aliphatic heterocycles. The van der Waals surface area contributed by atoms with Gasteiger partial charge in [-0.25, -0.2) is 9.98 Å². The molecule has 0 spiro atoms. The zero-order valence-electron chi connectivity index (χ0n) is 17.3. The predicted molar refractivity (Wildman–Crippen MR) is 128 cm³/mol. The number of nitrogens with zero attached hydrogens (tertiary/aromatic N) is 4. The number of benzene rings is 1. The van der Waals surface area contributed by atoms with Crippen LogP contribution in [0.1, 0.15) is 12.5 Å². The maximum absolute atomic E-state index is 5.35. The zero-order valence-corrected chi connectivity index (χ0v) is 19.6. The van der Waals surface area contributed by atoms with E-state index in [1.807, 2.05) is 24.3 Å². The van der Waals surface area contributed by atoms with E-state index in [4.69, 9.17) is 14.5 Å². The summed E-state index contributed by atoms with van der Waals surface area (Å²) in [5.41, 5.74) is 2.18. The molecule has 0 radical (unpaired) electrons. The number of guanidine groups is 1. The number of hydrogen-bond acceptors (Lipinski definition) is 5. The van der Waals surface area contributed by atoms with E-state index in [9.17, 15) is 0 Å². The number of nitrogens with one attached hydrogen (secondary N) is 1. The second-order valence-corrected chi connectivity index (χ2v) is 6.52. The van der Waals surface area contributed by atoms with Gasteiger partial charge in [-0.1, -0.05) is 12.1 Å². The number of aromatic nitrogens is 1. The molecule has 3 rings (SSSR count). The highest BCUT2D eigenvalue weighted by atomic mass is 127.